The molecule has 0 spiro atoms. The van der Waals surface area contributed by atoms with Gasteiger partial charge in [0, 0.05) is 17.4 Å². The number of para-hydroxylation sites is 1. The van der Waals surface area contributed by atoms with E-state index in [9.17, 15) is 8.42 Å². The van der Waals surface area contributed by atoms with Gasteiger partial charge in [-0.15, -0.1) is 0 Å². The second-order valence-electron chi connectivity index (χ2n) is 6.90. The molecule has 0 aliphatic heterocycles. The van der Waals surface area contributed by atoms with Crippen molar-refractivity contribution in [1.29, 1.82) is 0 Å². The van der Waals surface area contributed by atoms with Gasteiger partial charge in [-0.1, -0.05) is 18.2 Å². The third-order valence-electron chi connectivity index (χ3n) is 4.65. The average Bonchev–Trinajstić information content (AvgIpc) is 3.28. The van der Waals surface area contributed by atoms with Gasteiger partial charge in [-0.25, -0.2) is 13.1 Å². The summed E-state index contributed by atoms with van der Waals surface area (Å²) in [6.07, 6.45) is 1.54. The molecule has 4 rings (SSSR count). The number of nitrogens with zero attached hydrogens (tertiary/aromatic N) is 2. The number of anilines is 3. The molecule has 4 aromatic rings. The number of nitrogens with one attached hydrogen (secondary N) is 3. The van der Waals surface area contributed by atoms with Crippen LogP contribution in [0.3, 0.4) is 0 Å². The van der Waals surface area contributed by atoms with Crippen LogP contribution in [0.25, 0.3) is 5.69 Å². The van der Waals surface area contributed by atoms with Gasteiger partial charge in [-0.2, -0.15) is 5.10 Å². The quantitative estimate of drug-likeness (QED) is 0.336. The maximum absolute atomic E-state index is 12.9. The molecule has 3 aromatic carbocycles. The Bertz CT molecular complexity index is 1340. The van der Waals surface area contributed by atoms with Crippen molar-refractivity contribution in [3.05, 3.63) is 91.1 Å². The first-order chi connectivity index (χ1) is 15.9. The Morgan fingerprint density at radius 1 is 0.879 bits per heavy atom. The van der Waals surface area contributed by atoms with E-state index in [-0.39, 0.29) is 4.90 Å². The lowest BCUT2D eigenvalue weighted by atomic mass is 10.3. The predicted octanol–water partition coefficient (Wildman–Crippen LogP) is 4.49. The summed E-state index contributed by atoms with van der Waals surface area (Å²) >= 11 is 5.33. The number of ether oxygens (including phenoxy) is 1. The highest BCUT2D eigenvalue weighted by Crippen LogP contribution is 2.21. The number of aromatic nitrogens is 2. The van der Waals surface area contributed by atoms with Gasteiger partial charge in [-0.05, 0) is 72.9 Å². The number of methoxy groups -OCH3 is 1. The summed E-state index contributed by atoms with van der Waals surface area (Å²) in [7, 11) is -2.21. The van der Waals surface area contributed by atoms with E-state index in [1.165, 1.54) is 23.0 Å². The van der Waals surface area contributed by atoms with Crippen LogP contribution in [-0.2, 0) is 10.0 Å². The zero-order chi connectivity index (χ0) is 23.3. The average molecular weight is 480 g/mol. The highest BCUT2D eigenvalue weighted by molar-refractivity contribution is 7.92. The van der Waals surface area contributed by atoms with Crippen LogP contribution in [0.15, 0.2) is 96.0 Å². The van der Waals surface area contributed by atoms with Gasteiger partial charge in [0.05, 0.1) is 23.9 Å². The Labute approximate surface area is 197 Å². The van der Waals surface area contributed by atoms with Crippen LogP contribution in [0.4, 0.5) is 17.2 Å². The summed E-state index contributed by atoms with van der Waals surface area (Å²) in [6.45, 7) is 0. The molecule has 1 heterocycles. The minimum absolute atomic E-state index is 0.114. The minimum Gasteiger partial charge on any atom is -0.497 e. The smallest absolute Gasteiger partial charge is 0.263 e. The highest BCUT2D eigenvalue weighted by atomic mass is 32.2. The maximum Gasteiger partial charge on any atom is 0.263 e. The summed E-state index contributed by atoms with van der Waals surface area (Å²) < 4.78 is 35.0. The van der Waals surface area contributed by atoms with E-state index in [1.54, 1.807) is 25.3 Å². The van der Waals surface area contributed by atoms with Crippen LogP contribution in [0.5, 0.6) is 5.75 Å². The lowest BCUT2D eigenvalue weighted by Gasteiger charge is -2.13. The van der Waals surface area contributed by atoms with Crippen molar-refractivity contribution in [1.82, 2.24) is 9.78 Å². The number of sulfonamides is 1. The van der Waals surface area contributed by atoms with E-state index in [1.807, 2.05) is 54.6 Å². The molecular weight excluding hydrogens is 458 g/mol. The molecule has 0 bridgehead atoms. The van der Waals surface area contributed by atoms with E-state index in [2.05, 4.69) is 20.5 Å². The summed E-state index contributed by atoms with van der Waals surface area (Å²) in [5, 5.41) is 10.7. The summed E-state index contributed by atoms with van der Waals surface area (Å²) in [5.74, 6) is 1.09. The molecule has 0 radical (unpaired) electrons. The molecule has 0 atom stereocenters. The first kappa shape index (κ1) is 22.3. The Balaban J connectivity index is 1.42. The Morgan fingerprint density at radius 2 is 1.48 bits per heavy atom. The molecule has 10 heteroatoms. The molecule has 0 aliphatic rings. The van der Waals surface area contributed by atoms with Crippen LogP contribution in [0.2, 0.25) is 0 Å². The third-order valence-corrected chi connectivity index (χ3v) is 6.23. The molecular formula is C23H21N5O3S2. The molecule has 168 valence electrons. The molecule has 8 nitrogen and oxygen atoms in total. The van der Waals surface area contributed by atoms with E-state index in [4.69, 9.17) is 17.0 Å². The van der Waals surface area contributed by atoms with Crippen LogP contribution in [0.1, 0.15) is 0 Å². The van der Waals surface area contributed by atoms with Gasteiger partial charge >= 0.3 is 0 Å². The Morgan fingerprint density at radius 3 is 2.09 bits per heavy atom. The van der Waals surface area contributed by atoms with Crippen molar-refractivity contribution in [2.45, 2.75) is 4.90 Å². The maximum atomic E-state index is 12.9. The zero-order valence-corrected chi connectivity index (χ0v) is 19.2. The van der Waals surface area contributed by atoms with Gasteiger partial charge in [0.1, 0.15) is 11.6 Å². The fourth-order valence-corrected chi connectivity index (χ4v) is 4.32. The van der Waals surface area contributed by atoms with Crippen molar-refractivity contribution in [2.75, 3.05) is 22.5 Å². The van der Waals surface area contributed by atoms with Crippen LogP contribution in [-0.4, -0.2) is 30.4 Å². The van der Waals surface area contributed by atoms with Crippen molar-refractivity contribution < 1.29 is 13.2 Å². The van der Waals surface area contributed by atoms with Crippen LogP contribution < -0.4 is 20.1 Å². The minimum atomic E-state index is -3.81. The molecule has 3 N–H and O–H groups in total. The SMILES string of the molecule is COc1ccc(NC(=S)Nc2ccc(S(=O)(=O)Nc3ccnn3-c3ccccc3)cc2)cc1. The van der Waals surface area contributed by atoms with Crippen molar-refractivity contribution in [2.24, 2.45) is 0 Å². The normalized spacial score (nSPS) is 10.9. The summed E-state index contributed by atoms with van der Waals surface area (Å²) in [6, 6.07) is 24.5. The van der Waals surface area contributed by atoms with Crippen molar-refractivity contribution in [3.8, 4) is 11.4 Å². The standard InChI is InChI=1S/C23H21N5O3S2/c1-31-20-11-7-17(8-12-20)25-23(32)26-18-9-13-21(14-10-18)33(29,30)27-22-15-16-24-28(22)19-5-3-2-4-6-19/h2-16,27H,1H3,(H2,25,26,32). The lowest BCUT2D eigenvalue weighted by molar-refractivity contribution is 0.415. The Kier molecular flexibility index (Phi) is 6.57. The highest BCUT2D eigenvalue weighted by Gasteiger charge is 2.17. The lowest BCUT2D eigenvalue weighted by Crippen LogP contribution is -2.19. The van der Waals surface area contributed by atoms with E-state index >= 15 is 0 Å². The first-order valence-corrected chi connectivity index (χ1v) is 11.8. The van der Waals surface area contributed by atoms with Gasteiger partial charge in [0.2, 0.25) is 0 Å². The van der Waals surface area contributed by atoms with Crippen molar-refractivity contribution in [3.63, 3.8) is 0 Å². The number of rotatable bonds is 7. The van der Waals surface area contributed by atoms with Gasteiger partial charge in [0.15, 0.2) is 5.11 Å². The van der Waals surface area contributed by atoms with E-state index < -0.39 is 10.0 Å². The second-order valence-corrected chi connectivity index (χ2v) is 8.99. The topological polar surface area (TPSA) is 97.3 Å². The number of thiocarbonyl (C=S) groups is 1. The van der Waals surface area contributed by atoms with Gasteiger partial charge in [0.25, 0.3) is 10.0 Å². The fraction of sp³-hybridized carbons (Fsp3) is 0.0435. The Hall–Kier alpha value is -3.89. The largest absolute Gasteiger partial charge is 0.497 e. The second kappa shape index (κ2) is 9.72. The molecule has 0 aliphatic carbocycles. The monoisotopic (exact) mass is 479 g/mol. The number of hydrogen-bond acceptors (Lipinski definition) is 5. The van der Waals surface area contributed by atoms with Gasteiger partial charge < -0.3 is 15.4 Å². The predicted molar refractivity (Wildman–Crippen MR) is 134 cm³/mol. The molecule has 0 saturated carbocycles. The molecule has 0 amide bonds. The molecule has 33 heavy (non-hydrogen) atoms. The summed E-state index contributed by atoms with van der Waals surface area (Å²) in [5.41, 5.74) is 2.19. The van der Waals surface area contributed by atoms with E-state index in [0.717, 1.165) is 17.1 Å². The molecule has 0 unspecified atom stereocenters. The van der Waals surface area contributed by atoms with Crippen LogP contribution >= 0.6 is 12.2 Å². The summed E-state index contributed by atoms with van der Waals surface area (Å²) in [4.78, 5) is 0.114. The number of hydrogen-bond donors (Lipinski definition) is 3. The first-order valence-electron chi connectivity index (χ1n) is 9.89. The van der Waals surface area contributed by atoms with Crippen molar-refractivity contribution >= 4 is 44.5 Å². The van der Waals surface area contributed by atoms with Gasteiger partial charge in [-0.3, -0.25) is 4.72 Å². The van der Waals surface area contributed by atoms with Crippen LogP contribution in [0, 0.1) is 0 Å². The number of benzene rings is 3. The molecule has 0 fully saturated rings. The fourth-order valence-electron chi connectivity index (χ4n) is 3.04. The third kappa shape index (κ3) is 5.48. The molecule has 0 saturated heterocycles. The van der Waals surface area contributed by atoms with E-state index in [0.29, 0.717) is 16.6 Å². The molecule has 1 aromatic heterocycles. The zero-order valence-electron chi connectivity index (χ0n) is 17.6.